The van der Waals surface area contributed by atoms with Crippen LogP contribution in [0.5, 0.6) is 0 Å². The minimum absolute atomic E-state index is 0.121. The molecule has 3 nitrogen and oxygen atoms in total. The topological polar surface area (TPSA) is 41.1 Å². The minimum atomic E-state index is 0.121. The molecule has 0 aromatic rings. The molecule has 0 heterocycles. The Morgan fingerprint density at radius 3 is 2.13 bits per heavy atom. The standard InChI is InChI=1S/C12H26N2O/c1-6-10(7-2)11(15)14-9-12(3,4)8-13-5/h10,13H,6-9H2,1-5H3,(H,14,15). The first kappa shape index (κ1) is 14.4. The first-order chi connectivity index (χ1) is 6.96. The normalized spacial score (nSPS) is 11.9. The van der Waals surface area contributed by atoms with E-state index in [1.807, 2.05) is 7.05 Å². The van der Waals surface area contributed by atoms with E-state index in [9.17, 15) is 4.79 Å². The number of hydrogen-bond donors (Lipinski definition) is 2. The van der Waals surface area contributed by atoms with E-state index >= 15 is 0 Å². The van der Waals surface area contributed by atoms with Crippen LogP contribution in [0.25, 0.3) is 0 Å². The van der Waals surface area contributed by atoms with Gasteiger partial charge in [-0.15, -0.1) is 0 Å². The lowest BCUT2D eigenvalue weighted by molar-refractivity contribution is -0.125. The highest BCUT2D eigenvalue weighted by atomic mass is 16.1. The fourth-order valence-corrected chi connectivity index (χ4v) is 1.67. The van der Waals surface area contributed by atoms with Crippen molar-refractivity contribution in [2.75, 3.05) is 20.1 Å². The van der Waals surface area contributed by atoms with Crippen molar-refractivity contribution in [3.63, 3.8) is 0 Å². The van der Waals surface area contributed by atoms with Gasteiger partial charge >= 0.3 is 0 Å². The summed E-state index contributed by atoms with van der Waals surface area (Å²) in [5.74, 6) is 0.375. The summed E-state index contributed by atoms with van der Waals surface area (Å²) in [6, 6.07) is 0. The molecule has 0 saturated heterocycles. The zero-order valence-corrected chi connectivity index (χ0v) is 10.8. The maximum Gasteiger partial charge on any atom is 0.223 e. The lowest BCUT2D eigenvalue weighted by Gasteiger charge is -2.25. The second kappa shape index (κ2) is 6.83. The number of nitrogens with one attached hydrogen (secondary N) is 2. The SMILES string of the molecule is CCC(CC)C(=O)NCC(C)(C)CNC. The molecule has 3 heteroatoms. The van der Waals surface area contributed by atoms with Gasteiger partial charge in [0.05, 0.1) is 0 Å². The minimum Gasteiger partial charge on any atom is -0.355 e. The van der Waals surface area contributed by atoms with E-state index in [0.717, 1.165) is 25.9 Å². The van der Waals surface area contributed by atoms with Crippen molar-refractivity contribution in [3.8, 4) is 0 Å². The monoisotopic (exact) mass is 214 g/mol. The van der Waals surface area contributed by atoms with E-state index < -0.39 is 0 Å². The van der Waals surface area contributed by atoms with E-state index in [-0.39, 0.29) is 17.2 Å². The van der Waals surface area contributed by atoms with E-state index in [4.69, 9.17) is 0 Å². The van der Waals surface area contributed by atoms with Crippen molar-refractivity contribution in [2.45, 2.75) is 40.5 Å². The summed E-state index contributed by atoms with van der Waals surface area (Å²) in [6.07, 6.45) is 1.85. The molecular weight excluding hydrogens is 188 g/mol. The predicted molar refractivity (Wildman–Crippen MR) is 64.8 cm³/mol. The molecule has 0 aliphatic heterocycles. The molecule has 2 N–H and O–H groups in total. The van der Waals surface area contributed by atoms with Crippen molar-refractivity contribution in [1.82, 2.24) is 10.6 Å². The fraction of sp³-hybridized carbons (Fsp3) is 0.917. The van der Waals surface area contributed by atoms with Crippen molar-refractivity contribution in [3.05, 3.63) is 0 Å². The summed E-state index contributed by atoms with van der Waals surface area (Å²) in [6.45, 7) is 10.1. The molecule has 0 aliphatic rings. The Balaban J connectivity index is 3.98. The molecule has 90 valence electrons. The van der Waals surface area contributed by atoms with Crippen LogP contribution in [0, 0.1) is 11.3 Å². The molecule has 0 atom stereocenters. The zero-order chi connectivity index (χ0) is 11.9. The van der Waals surface area contributed by atoms with Gasteiger partial charge in [-0.05, 0) is 25.3 Å². The van der Waals surface area contributed by atoms with E-state index in [0.29, 0.717) is 0 Å². The average Bonchev–Trinajstić information content (AvgIpc) is 2.17. The molecular formula is C12H26N2O. The predicted octanol–water partition coefficient (Wildman–Crippen LogP) is 1.78. The second-order valence-electron chi connectivity index (χ2n) is 4.93. The summed E-state index contributed by atoms with van der Waals surface area (Å²) in [5, 5.41) is 6.17. The molecule has 0 saturated carbocycles. The maximum absolute atomic E-state index is 11.7. The van der Waals surface area contributed by atoms with Crippen LogP contribution >= 0.6 is 0 Å². The van der Waals surface area contributed by atoms with E-state index in [2.05, 4.69) is 38.3 Å². The van der Waals surface area contributed by atoms with Gasteiger partial charge < -0.3 is 10.6 Å². The number of hydrogen-bond acceptors (Lipinski definition) is 2. The molecule has 0 aromatic carbocycles. The van der Waals surface area contributed by atoms with Crippen molar-refractivity contribution >= 4 is 5.91 Å². The highest BCUT2D eigenvalue weighted by molar-refractivity contribution is 5.78. The summed E-state index contributed by atoms with van der Waals surface area (Å²) in [7, 11) is 1.93. The fourth-order valence-electron chi connectivity index (χ4n) is 1.67. The molecule has 0 bridgehead atoms. The molecule has 0 spiro atoms. The van der Waals surface area contributed by atoms with Gasteiger partial charge in [0.15, 0.2) is 0 Å². The summed E-state index contributed by atoms with van der Waals surface area (Å²) in [5.41, 5.74) is 0.121. The van der Waals surface area contributed by atoms with Crippen molar-refractivity contribution in [2.24, 2.45) is 11.3 Å². The van der Waals surface area contributed by atoms with Gasteiger partial charge in [-0.25, -0.2) is 0 Å². The van der Waals surface area contributed by atoms with Crippen LogP contribution in [0.3, 0.4) is 0 Å². The summed E-state index contributed by atoms with van der Waals surface area (Å²) >= 11 is 0. The molecule has 0 aliphatic carbocycles. The number of carbonyl (C=O) groups is 1. The molecule has 0 fully saturated rings. The molecule has 0 radical (unpaired) electrons. The van der Waals surface area contributed by atoms with Crippen LogP contribution in [-0.2, 0) is 4.79 Å². The van der Waals surface area contributed by atoms with Crippen molar-refractivity contribution < 1.29 is 4.79 Å². The third-order valence-electron chi connectivity index (χ3n) is 2.75. The third-order valence-corrected chi connectivity index (χ3v) is 2.75. The Bertz CT molecular complexity index is 186. The molecule has 1 amide bonds. The molecule has 0 rings (SSSR count). The summed E-state index contributed by atoms with van der Waals surface area (Å²) < 4.78 is 0. The Morgan fingerprint density at radius 1 is 1.20 bits per heavy atom. The quantitative estimate of drug-likeness (QED) is 0.678. The zero-order valence-electron chi connectivity index (χ0n) is 10.8. The van der Waals surface area contributed by atoms with Gasteiger partial charge in [-0.3, -0.25) is 4.79 Å². The van der Waals surface area contributed by atoms with E-state index in [1.54, 1.807) is 0 Å². The largest absolute Gasteiger partial charge is 0.355 e. The van der Waals surface area contributed by atoms with Gasteiger partial charge in [0.25, 0.3) is 0 Å². The van der Waals surface area contributed by atoms with Crippen LogP contribution in [0.1, 0.15) is 40.5 Å². The highest BCUT2D eigenvalue weighted by Crippen LogP contribution is 2.13. The first-order valence-corrected chi connectivity index (χ1v) is 5.89. The third kappa shape index (κ3) is 5.78. The van der Waals surface area contributed by atoms with Gasteiger partial charge in [0.1, 0.15) is 0 Å². The lowest BCUT2D eigenvalue weighted by Crippen LogP contribution is -2.41. The van der Waals surface area contributed by atoms with E-state index in [1.165, 1.54) is 0 Å². The van der Waals surface area contributed by atoms with Crippen LogP contribution in [0.4, 0.5) is 0 Å². The average molecular weight is 214 g/mol. The van der Waals surface area contributed by atoms with Crippen molar-refractivity contribution in [1.29, 1.82) is 0 Å². The summed E-state index contributed by atoms with van der Waals surface area (Å²) in [4.78, 5) is 11.7. The second-order valence-corrected chi connectivity index (χ2v) is 4.93. The van der Waals surface area contributed by atoms with Crippen LogP contribution < -0.4 is 10.6 Å². The van der Waals surface area contributed by atoms with Gasteiger partial charge in [-0.2, -0.15) is 0 Å². The Morgan fingerprint density at radius 2 is 1.73 bits per heavy atom. The Hall–Kier alpha value is -0.570. The van der Waals surface area contributed by atoms with Gasteiger partial charge in [0.2, 0.25) is 5.91 Å². The molecule has 0 aromatic heterocycles. The van der Waals surface area contributed by atoms with Gasteiger partial charge in [0, 0.05) is 19.0 Å². The number of amides is 1. The smallest absolute Gasteiger partial charge is 0.223 e. The highest BCUT2D eigenvalue weighted by Gasteiger charge is 2.20. The van der Waals surface area contributed by atoms with Gasteiger partial charge in [-0.1, -0.05) is 27.7 Å². The lowest BCUT2D eigenvalue weighted by atomic mass is 9.93. The number of rotatable bonds is 7. The number of carbonyl (C=O) groups excluding carboxylic acids is 1. The molecule has 15 heavy (non-hydrogen) atoms. The van der Waals surface area contributed by atoms with Crippen LogP contribution in [-0.4, -0.2) is 26.0 Å². The first-order valence-electron chi connectivity index (χ1n) is 5.89. The Labute approximate surface area is 94.0 Å². The van der Waals surface area contributed by atoms with Crippen LogP contribution in [0.2, 0.25) is 0 Å². The maximum atomic E-state index is 11.7. The molecule has 0 unspecified atom stereocenters. The van der Waals surface area contributed by atoms with Crippen LogP contribution in [0.15, 0.2) is 0 Å². The Kier molecular flexibility index (Phi) is 6.57.